The van der Waals surface area contributed by atoms with Crippen LogP contribution in [-0.4, -0.2) is 37.2 Å². The molecule has 0 aliphatic heterocycles. The van der Waals surface area contributed by atoms with Crippen LogP contribution < -0.4 is 0 Å². The first kappa shape index (κ1) is 76.9. The molecule has 0 heterocycles. The van der Waals surface area contributed by atoms with Crippen molar-refractivity contribution in [3.8, 4) is 0 Å². The van der Waals surface area contributed by atoms with Crippen LogP contribution in [0.3, 0.4) is 0 Å². The molecular weight excluding hydrogens is 985 g/mol. The maximum absolute atomic E-state index is 13.0. The van der Waals surface area contributed by atoms with Crippen LogP contribution >= 0.6 is 0 Å². The van der Waals surface area contributed by atoms with Gasteiger partial charge in [0.1, 0.15) is 13.2 Å². The van der Waals surface area contributed by atoms with Gasteiger partial charge in [-0.2, -0.15) is 0 Å². The van der Waals surface area contributed by atoms with Gasteiger partial charge in [0.2, 0.25) is 0 Å². The Kier molecular flexibility index (Phi) is 65.7. The van der Waals surface area contributed by atoms with Crippen molar-refractivity contribution in [1.82, 2.24) is 0 Å². The molecule has 0 aromatic rings. The van der Waals surface area contributed by atoms with Crippen LogP contribution in [0, 0.1) is 0 Å². The zero-order valence-corrected chi connectivity index (χ0v) is 53.3. The Morgan fingerprint density at radius 3 is 0.713 bits per heavy atom. The van der Waals surface area contributed by atoms with E-state index >= 15 is 0 Å². The number of carbonyl (C=O) groups is 3. The quantitative estimate of drug-likeness (QED) is 0.0261. The van der Waals surface area contributed by atoms with E-state index in [1.54, 1.807) is 0 Å². The lowest BCUT2D eigenvalue weighted by molar-refractivity contribution is -0.167. The Bertz CT molecular complexity index is 1470. The summed E-state index contributed by atoms with van der Waals surface area (Å²) >= 11 is 0. The SMILES string of the molecule is CCCCCCC/C=C\C/C=C\C/C=C\CCCCCCCCCCCCC(=O)OCC(COC(=O)CCCCCCC/C=C\CCCCCCCCC)OC(=O)CCCCCCCCCCC/C=C\C/C=C\CCCCCCC. The summed E-state index contributed by atoms with van der Waals surface area (Å²) in [4.78, 5) is 38.5. The molecule has 0 saturated heterocycles. The first-order chi connectivity index (χ1) is 39.5. The lowest BCUT2D eigenvalue weighted by Crippen LogP contribution is -2.30. The minimum absolute atomic E-state index is 0.0800. The van der Waals surface area contributed by atoms with Crippen molar-refractivity contribution in [3.63, 3.8) is 0 Å². The van der Waals surface area contributed by atoms with E-state index < -0.39 is 6.10 Å². The van der Waals surface area contributed by atoms with E-state index in [1.807, 2.05) is 0 Å². The minimum Gasteiger partial charge on any atom is -0.462 e. The molecule has 0 aromatic heterocycles. The molecule has 0 aliphatic carbocycles. The average molecular weight is 1120 g/mol. The first-order valence-corrected chi connectivity index (χ1v) is 34.9. The van der Waals surface area contributed by atoms with Gasteiger partial charge in [0.05, 0.1) is 0 Å². The number of rotatable bonds is 64. The summed E-state index contributed by atoms with van der Waals surface area (Å²) in [6.45, 7) is 6.65. The van der Waals surface area contributed by atoms with Crippen LogP contribution in [0.2, 0.25) is 0 Å². The van der Waals surface area contributed by atoms with Crippen molar-refractivity contribution in [2.75, 3.05) is 13.2 Å². The van der Waals surface area contributed by atoms with Gasteiger partial charge in [0.25, 0.3) is 0 Å². The Hall–Kier alpha value is -3.15. The summed E-state index contributed by atoms with van der Waals surface area (Å²) in [5, 5.41) is 0. The molecule has 0 aromatic carbocycles. The number of ether oxygens (including phenoxy) is 3. The Labute approximate surface area is 497 Å². The molecule has 0 aliphatic rings. The summed E-state index contributed by atoms with van der Waals surface area (Å²) in [5.41, 5.74) is 0. The number of unbranched alkanes of at least 4 members (excludes halogenated alkanes) is 41. The normalized spacial score (nSPS) is 12.5. The number of allylic oxidation sites excluding steroid dienone is 12. The van der Waals surface area contributed by atoms with E-state index in [1.165, 1.54) is 238 Å². The van der Waals surface area contributed by atoms with Gasteiger partial charge in [-0.05, 0) is 116 Å². The van der Waals surface area contributed by atoms with Crippen molar-refractivity contribution in [1.29, 1.82) is 0 Å². The Balaban J connectivity index is 4.35. The molecule has 80 heavy (non-hydrogen) atoms. The molecule has 1 unspecified atom stereocenters. The van der Waals surface area contributed by atoms with Gasteiger partial charge in [-0.3, -0.25) is 14.4 Å². The second-order valence-electron chi connectivity index (χ2n) is 23.4. The second kappa shape index (κ2) is 68.3. The van der Waals surface area contributed by atoms with E-state index in [0.717, 1.165) is 83.5 Å². The molecular formula is C74H132O6. The predicted molar refractivity (Wildman–Crippen MR) is 348 cm³/mol. The van der Waals surface area contributed by atoms with Gasteiger partial charge < -0.3 is 14.2 Å². The third-order valence-electron chi connectivity index (χ3n) is 15.4. The van der Waals surface area contributed by atoms with Crippen LogP contribution in [0.25, 0.3) is 0 Å². The molecule has 1 atom stereocenters. The predicted octanol–water partition coefficient (Wildman–Crippen LogP) is 24.1. The summed E-state index contributed by atoms with van der Waals surface area (Å²) in [5.74, 6) is -0.877. The van der Waals surface area contributed by atoms with Gasteiger partial charge in [-0.15, -0.1) is 0 Å². The highest BCUT2D eigenvalue weighted by Gasteiger charge is 2.19. The van der Waals surface area contributed by atoms with Gasteiger partial charge >= 0.3 is 17.9 Å². The molecule has 0 bridgehead atoms. The topological polar surface area (TPSA) is 78.9 Å². The molecule has 464 valence electrons. The van der Waals surface area contributed by atoms with Crippen molar-refractivity contribution < 1.29 is 28.6 Å². The minimum atomic E-state index is -0.785. The monoisotopic (exact) mass is 1120 g/mol. The zero-order valence-electron chi connectivity index (χ0n) is 53.3. The van der Waals surface area contributed by atoms with Gasteiger partial charge in [0.15, 0.2) is 6.10 Å². The molecule has 6 heteroatoms. The zero-order chi connectivity index (χ0) is 57.8. The number of hydrogen-bond acceptors (Lipinski definition) is 6. The maximum Gasteiger partial charge on any atom is 0.306 e. The fraction of sp³-hybridized carbons (Fsp3) is 0.797. The average Bonchev–Trinajstić information content (AvgIpc) is 3.46. The van der Waals surface area contributed by atoms with Crippen molar-refractivity contribution in [2.45, 2.75) is 367 Å². The van der Waals surface area contributed by atoms with Gasteiger partial charge in [-0.25, -0.2) is 0 Å². The molecule has 0 amide bonds. The van der Waals surface area contributed by atoms with Crippen LogP contribution in [0.15, 0.2) is 72.9 Å². The third kappa shape index (κ3) is 65.7. The van der Waals surface area contributed by atoms with Gasteiger partial charge in [-0.1, -0.05) is 299 Å². The van der Waals surface area contributed by atoms with E-state index in [0.29, 0.717) is 19.3 Å². The standard InChI is InChI=1S/C74H132O6/c1-4-7-10-13-16-19-22-25-28-31-33-35-36-37-38-40-41-43-46-49-52-55-58-61-64-67-73(76)79-70-71(69-78-72(75)66-63-60-57-54-51-48-45-30-27-24-21-18-15-12-9-6-3)80-74(77)68-65-62-59-56-53-50-47-44-42-39-34-32-29-26-23-20-17-14-11-8-5-2/h22-23,25-26,30-34,36-37,45,71H,4-21,24,27-29,35,38-44,46-70H2,1-3H3/b25-22-,26-23-,33-31-,34-32-,37-36-,45-30-. The van der Waals surface area contributed by atoms with Crippen LogP contribution in [-0.2, 0) is 28.6 Å². The first-order valence-electron chi connectivity index (χ1n) is 34.9. The van der Waals surface area contributed by atoms with Crippen molar-refractivity contribution in [2.24, 2.45) is 0 Å². The highest BCUT2D eigenvalue weighted by molar-refractivity contribution is 5.71. The van der Waals surface area contributed by atoms with E-state index in [2.05, 4.69) is 93.7 Å². The fourth-order valence-electron chi connectivity index (χ4n) is 10.1. The second-order valence-corrected chi connectivity index (χ2v) is 23.4. The summed E-state index contributed by atoms with van der Waals surface area (Å²) in [7, 11) is 0. The van der Waals surface area contributed by atoms with E-state index in [-0.39, 0.29) is 31.1 Å². The summed E-state index contributed by atoms with van der Waals surface area (Å²) in [6, 6.07) is 0. The highest BCUT2D eigenvalue weighted by atomic mass is 16.6. The summed E-state index contributed by atoms with van der Waals surface area (Å²) in [6.07, 6.45) is 89.1. The largest absolute Gasteiger partial charge is 0.462 e. The lowest BCUT2D eigenvalue weighted by atomic mass is 10.0. The number of esters is 3. The Morgan fingerprint density at radius 2 is 0.450 bits per heavy atom. The molecule has 0 fully saturated rings. The van der Waals surface area contributed by atoms with Crippen LogP contribution in [0.5, 0.6) is 0 Å². The van der Waals surface area contributed by atoms with E-state index in [9.17, 15) is 14.4 Å². The number of carbonyl (C=O) groups excluding carboxylic acids is 3. The molecule has 0 rings (SSSR count). The van der Waals surface area contributed by atoms with E-state index in [4.69, 9.17) is 14.2 Å². The Morgan fingerprint density at radius 1 is 0.250 bits per heavy atom. The fourth-order valence-corrected chi connectivity index (χ4v) is 10.1. The third-order valence-corrected chi connectivity index (χ3v) is 15.4. The van der Waals surface area contributed by atoms with Crippen molar-refractivity contribution >= 4 is 17.9 Å². The highest BCUT2D eigenvalue weighted by Crippen LogP contribution is 2.17. The smallest absolute Gasteiger partial charge is 0.306 e. The molecule has 0 radical (unpaired) electrons. The number of hydrogen-bond donors (Lipinski definition) is 0. The maximum atomic E-state index is 13.0. The molecule has 6 nitrogen and oxygen atoms in total. The summed E-state index contributed by atoms with van der Waals surface area (Å²) < 4.78 is 17.0. The van der Waals surface area contributed by atoms with Crippen LogP contribution in [0.1, 0.15) is 361 Å². The van der Waals surface area contributed by atoms with Crippen LogP contribution in [0.4, 0.5) is 0 Å². The molecule has 0 spiro atoms. The van der Waals surface area contributed by atoms with Gasteiger partial charge in [0, 0.05) is 19.3 Å². The lowest BCUT2D eigenvalue weighted by Gasteiger charge is -2.18. The molecule has 0 N–H and O–H groups in total. The molecule has 0 saturated carbocycles. The van der Waals surface area contributed by atoms with Crippen molar-refractivity contribution in [3.05, 3.63) is 72.9 Å².